The number of ether oxygens (including phenoxy) is 5. The van der Waals surface area contributed by atoms with Gasteiger partial charge >= 0.3 is 5.97 Å². The van der Waals surface area contributed by atoms with Crippen LogP contribution in [-0.4, -0.2) is 32.6 Å². The van der Waals surface area contributed by atoms with Gasteiger partial charge in [0.2, 0.25) is 11.9 Å². The van der Waals surface area contributed by atoms with Crippen LogP contribution in [0.2, 0.25) is 0 Å². The molecule has 0 radical (unpaired) electrons. The monoisotopic (exact) mass is 460 g/mol. The van der Waals surface area contributed by atoms with E-state index in [1.54, 1.807) is 68.6 Å². The number of para-hydroxylation sites is 1. The number of esters is 1. The van der Waals surface area contributed by atoms with E-state index in [4.69, 9.17) is 23.7 Å². The molecule has 1 unspecified atom stereocenters. The van der Waals surface area contributed by atoms with Gasteiger partial charge in [-0.1, -0.05) is 42.5 Å². The van der Waals surface area contributed by atoms with Crippen molar-refractivity contribution in [2.24, 2.45) is 0 Å². The minimum absolute atomic E-state index is 0.142. The van der Waals surface area contributed by atoms with Crippen molar-refractivity contribution in [2.75, 3.05) is 20.8 Å². The Balaban J connectivity index is 1.61. The van der Waals surface area contributed by atoms with Crippen LogP contribution in [-0.2, 0) is 9.53 Å². The molecule has 34 heavy (non-hydrogen) atoms. The van der Waals surface area contributed by atoms with Gasteiger partial charge in [0, 0.05) is 17.2 Å². The van der Waals surface area contributed by atoms with E-state index in [0.29, 0.717) is 39.7 Å². The molecule has 3 aromatic carbocycles. The highest BCUT2D eigenvalue weighted by molar-refractivity contribution is 6.14. The third-order valence-electron chi connectivity index (χ3n) is 5.22. The number of hydrogen-bond donors (Lipinski definition) is 0. The highest BCUT2D eigenvalue weighted by Crippen LogP contribution is 2.38. The number of benzene rings is 3. The van der Waals surface area contributed by atoms with Crippen LogP contribution in [0.3, 0.4) is 0 Å². The summed E-state index contributed by atoms with van der Waals surface area (Å²) in [5.41, 5.74) is 1.69. The summed E-state index contributed by atoms with van der Waals surface area (Å²) >= 11 is 0. The van der Waals surface area contributed by atoms with E-state index >= 15 is 0 Å². The van der Waals surface area contributed by atoms with Gasteiger partial charge in [-0.3, -0.25) is 4.79 Å². The average molecular weight is 460 g/mol. The van der Waals surface area contributed by atoms with Crippen molar-refractivity contribution in [1.82, 2.24) is 0 Å². The second-order valence-electron chi connectivity index (χ2n) is 7.34. The van der Waals surface area contributed by atoms with E-state index in [1.165, 1.54) is 7.11 Å². The first-order valence-corrected chi connectivity index (χ1v) is 10.7. The number of carbonyl (C=O) groups is 2. The first kappa shape index (κ1) is 22.9. The maximum absolute atomic E-state index is 12.9. The summed E-state index contributed by atoms with van der Waals surface area (Å²) in [4.78, 5) is 25.5. The Labute approximate surface area is 197 Å². The Morgan fingerprint density at radius 2 is 1.79 bits per heavy atom. The summed E-state index contributed by atoms with van der Waals surface area (Å²) in [6, 6.07) is 19.3. The van der Waals surface area contributed by atoms with Crippen molar-refractivity contribution < 1.29 is 33.3 Å². The summed E-state index contributed by atoms with van der Waals surface area (Å²) in [6.07, 6.45) is 0.655. The van der Waals surface area contributed by atoms with Crippen LogP contribution >= 0.6 is 0 Å². The topological polar surface area (TPSA) is 80.3 Å². The Hall–Kier alpha value is -4.26. The van der Waals surface area contributed by atoms with Crippen LogP contribution in [0.15, 0.2) is 72.5 Å². The van der Waals surface area contributed by atoms with Gasteiger partial charge in [-0.25, -0.2) is 4.79 Å². The standard InChI is InChI=1S/C27H24O7/c1-4-32-27(29)26(17-9-6-5-7-10-17)33-19-13-14-20-22(16-19)34-23(24(20)28)15-18-11-8-12-21(30-2)25(18)31-3/h5-16,26H,4H2,1-3H3. The maximum atomic E-state index is 12.9. The Morgan fingerprint density at radius 3 is 2.50 bits per heavy atom. The van der Waals surface area contributed by atoms with Gasteiger partial charge in [0.05, 0.1) is 26.4 Å². The molecule has 7 heteroatoms. The lowest BCUT2D eigenvalue weighted by molar-refractivity contribution is -0.151. The summed E-state index contributed by atoms with van der Waals surface area (Å²) in [6.45, 7) is 1.97. The zero-order valence-corrected chi connectivity index (χ0v) is 19.1. The van der Waals surface area contributed by atoms with Gasteiger partial charge in [0.1, 0.15) is 11.5 Å². The highest BCUT2D eigenvalue weighted by atomic mass is 16.6. The fraction of sp³-hybridized carbons (Fsp3) is 0.185. The molecule has 0 fully saturated rings. The molecule has 0 aromatic heterocycles. The molecule has 0 aliphatic carbocycles. The molecule has 4 rings (SSSR count). The molecule has 0 spiro atoms. The summed E-state index contributed by atoms with van der Waals surface area (Å²) < 4.78 is 27.8. The third-order valence-corrected chi connectivity index (χ3v) is 5.22. The van der Waals surface area contributed by atoms with Gasteiger partial charge < -0.3 is 23.7 Å². The average Bonchev–Trinajstić information content (AvgIpc) is 3.17. The molecular weight excluding hydrogens is 436 g/mol. The van der Waals surface area contributed by atoms with Gasteiger partial charge in [-0.15, -0.1) is 0 Å². The van der Waals surface area contributed by atoms with Crippen molar-refractivity contribution in [3.8, 4) is 23.0 Å². The Morgan fingerprint density at radius 1 is 1.00 bits per heavy atom. The maximum Gasteiger partial charge on any atom is 0.352 e. The SMILES string of the molecule is CCOC(=O)C(Oc1ccc2c(c1)OC(=Cc1cccc(OC)c1OC)C2=O)c1ccccc1. The number of hydrogen-bond acceptors (Lipinski definition) is 7. The van der Waals surface area contributed by atoms with Crippen LogP contribution in [0.1, 0.15) is 34.5 Å². The molecule has 0 N–H and O–H groups in total. The van der Waals surface area contributed by atoms with Crippen LogP contribution in [0, 0.1) is 0 Å². The van der Waals surface area contributed by atoms with E-state index in [1.807, 2.05) is 18.2 Å². The zero-order valence-electron chi connectivity index (χ0n) is 19.1. The molecule has 7 nitrogen and oxygen atoms in total. The summed E-state index contributed by atoms with van der Waals surface area (Å²) in [7, 11) is 3.07. The van der Waals surface area contributed by atoms with Gasteiger partial charge in [-0.2, -0.15) is 0 Å². The number of carbonyl (C=O) groups excluding carboxylic acids is 2. The van der Waals surface area contributed by atoms with E-state index in [-0.39, 0.29) is 18.1 Å². The second-order valence-corrected chi connectivity index (χ2v) is 7.34. The van der Waals surface area contributed by atoms with Gasteiger partial charge in [-0.05, 0) is 31.2 Å². The number of rotatable bonds is 8. The minimum Gasteiger partial charge on any atom is -0.493 e. The number of fused-ring (bicyclic) bond motifs is 1. The molecule has 1 aliphatic heterocycles. The second kappa shape index (κ2) is 10.1. The summed E-state index contributed by atoms with van der Waals surface area (Å²) in [5, 5.41) is 0. The zero-order chi connectivity index (χ0) is 24.1. The quantitative estimate of drug-likeness (QED) is 0.346. The first-order chi connectivity index (χ1) is 16.5. The molecule has 1 atom stereocenters. The largest absolute Gasteiger partial charge is 0.493 e. The molecule has 3 aromatic rings. The first-order valence-electron chi connectivity index (χ1n) is 10.7. The van der Waals surface area contributed by atoms with Crippen LogP contribution < -0.4 is 18.9 Å². The normalized spacial score (nSPS) is 14.2. The molecule has 0 saturated carbocycles. The predicted molar refractivity (Wildman–Crippen MR) is 125 cm³/mol. The predicted octanol–water partition coefficient (Wildman–Crippen LogP) is 5.00. The molecule has 1 aliphatic rings. The Kier molecular flexibility index (Phi) is 6.82. The number of Topliss-reactive ketones (excluding diaryl/α,β-unsaturated/α-hetero) is 1. The smallest absolute Gasteiger partial charge is 0.352 e. The van der Waals surface area contributed by atoms with E-state index < -0.39 is 12.1 Å². The molecule has 0 amide bonds. The summed E-state index contributed by atoms with van der Waals surface area (Å²) in [5.74, 6) is 1.12. The Bertz CT molecular complexity index is 1230. The lowest BCUT2D eigenvalue weighted by Crippen LogP contribution is -2.21. The van der Waals surface area contributed by atoms with Gasteiger partial charge in [0.25, 0.3) is 0 Å². The van der Waals surface area contributed by atoms with Crippen molar-refractivity contribution in [1.29, 1.82) is 0 Å². The molecular formula is C27H24O7. The molecule has 174 valence electrons. The van der Waals surface area contributed by atoms with E-state index in [0.717, 1.165) is 0 Å². The van der Waals surface area contributed by atoms with Crippen LogP contribution in [0.5, 0.6) is 23.0 Å². The van der Waals surface area contributed by atoms with E-state index in [9.17, 15) is 9.59 Å². The van der Waals surface area contributed by atoms with Crippen LogP contribution in [0.25, 0.3) is 6.08 Å². The van der Waals surface area contributed by atoms with Gasteiger partial charge in [0.15, 0.2) is 17.3 Å². The fourth-order valence-corrected chi connectivity index (χ4v) is 3.64. The molecule has 0 bridgehead atoms. The number of ketones is 1. The van der Waals surface area contributed by atoms with E-state index in [2.05, 4.69) is 0 Å². The van der Waals surface area contributed by atoms with Crippen molar-refractivity contribution in [3.05, 3.63) is 89.2 Å². The van der Waals surface area contributed by atoms with Crippen LogP contribution in [0.4, 0.5) is 0 Å². The number of allylic oxidation sites excluding steroid dienone is 1. The highest BCUT2D eigenvalue weighted by Gasteiger charge is 2.30. The van der Waals surface area contributed by atoms with Crippen molar-refractivity contribution in [3.63, 3.8) is 0 Å². The van der Waals surface area contributed by atoms with Crippen molar-refractivity contribution in [2.45, 2.75) is 13.0 Å². The van der Waals surface area contributed by atoms with Crippen molar-refractivity contribution >= 4 is 17.8 Å². The molecule has 0 saturated heterocycles. The lowest BCUT2D eigenvalue weighted by atomic mass is 10.1. The molecule has 1 heterocycles. The third kappa shape index (κ3) is 4.59. The fourth-order valence-electron chi connectivity index (χ4n) is 3.64. The lowest BCUT2D eigenvalue weighted by Gasteiger charge is -2.18. The minimum atomic E-state index is -0.952. The number of methoxy groups -OCH3 is 2.